The lowest BCUT2D eigenvalue weighted by molar-refractivity contribution is -0.118. The van der Waals surface area contributed by atoms with Gasteiger partial charge in [-0.2, -0.15) is 0 Å². The van der Waals surface area contributed by atoms with Crippen LogP contribution in [0.3, 0.4) is 0 Å². The standard InChI is InChI=1S/C17H26NO6PS/c1-5-24-25(21,26-10-8-18-13(2)19)9-6-7-14-11-15(22-3)17(20)16(12-14)23-4/h6,9,11-12,20H,5,7-8,10H2,1-4H3,(H,18,19)/b9-6+. The van der Waals surface area contributed by atoms with Crippen molar-refractivity contribution in [3.8, 4) is 17.2 Å². The maximum Gasteiger partial charge on any atom is 0.279 e. The van der Waals surface area contributed by atoms with Crippen LogP contribution in [0.5, 0.6) is 17.2 Å². The van der Waals surface area contributed by atoms with Gasteiger partial charge in [0.25, 0.3) is 6.57 Å². The Morgan fingerprint density at radius 3 is 2.42 bits per heavy atom. The zero-order valence-electron chi connectivity index (χ0n) is 15.5. The molecule has 1 aromatic carbocycles. The largest absolute Gasteiger partial charge is 0.502 e. The number of allylic oxidation sites excluding steroid dienone is 1. The number of aromatic hydroxyl groups is 1. The van der Waals surface area contributed by atoms with Gasteiger partial charge in [0, 0.05) is 25.0 Å². The van der Waals surface area contributed by atoms with Crippen LogP contribution in [0.4, 0.5) is 0 Å². The van der Waals surface area contributed by atoms with Gasteiger partial charge in [-0.1, -0.05) is 17.5 Å². The van der Waals surface area contributed by atoms with E-state index in [1.807, 2.05) is 0 Å². The molecule has 7 nitrogen and oxygen atoms in total. The molecule has 0 aliphatic carbocycles. The third-order valence-corrected chi connectivity index (χ3v) is 7.49. The molecular weight excluding hydrogens is 377 g/mol. The van der Waals surface area contributed by atoms with E-state index in [0.29, 0.717) is 36.8 Å². The molecule has 1 aromatic rings. The lowest BCUT2D eigenvalue weighted by Crippen LogP contribution is -2.22. The van der Waals surface area contributed by atoms with E-state index in [4.69, 9.17) is 14.0 Å². The van der Waals surface area contributed by atoms with E-state index in [-0.39, 0.29) is 11.7 Å². The molecule has 0 spiro atoms. The van der Waals surface area contributed by atoms with Gasteiger partial charge in [-0.3, -0.25) is 9.36 Å². The maximum absolute atomic E-state index is 12.8. The van der Waals surface area contributed by atoms with Crippen molar-refractivity contribution in [1.82, 2.24) is 5.32 Å². The average Bonchev–Trinajstić information content (AvgIpc) is 2.60. The third-order valence-electron chi connectivity index (χ3n) is 3.24. The highest BCUT2D eigenvalue weighted by atomic mass is 32.7. The smallest absolute Gasteiger partial charge is 0.279 e. The highest BCUT2D eigenvalue weighted by molar-refractivity contribution is 8.57. The fourth-order valence-electron chi connectivity index (χ4n) is 2.09. The molecule has 146 valence electrons. The highest BCUT2D eigenvalue weighted by Gasteiger charge is 2.19. The summed E-state index contributed by atoms with van der Waals surface area (Å²) >= 11 is 1.19. The predicted molar refractivity (Wildman–Crippen MR) is 104 cm³/mol. The molecule has 26 heavy (non-hydrogen) atoms. The first-order valence-electron chi connectivity index (χ1n) is 8.10. The molecule has 0 aliphatic rings. The Kier molecular flexibility index (Phi) is 9.62. The zero-order chi connectivity index (χ0) is 19.6. The lowest BCUT2D eigenvalue weighted by Gasteiger charge is -2.13. The Morgan fingerprint density at radius 2 is 1.92 bits per heavy atom. The van der Waals surface area contributed by atoms with Gasteiger partial charge < -0.3 is 24.4 Å². The zero-order valence-corrected chi connectivity index (χ0v) is 17.2. The van der Waals surface area contributed by atoms with E-state index in [1.165, 1.54) is 32.5 Å². The summed E-state index contributed by atoms with van der Waals surface area (Å²) in [5.74, 6) is 2.50. The van der Waals surface area contributed by atoms with Crippen LogP contribution in [-0.4, -0.2) is 44.1 Å². The monoisotopic (exact) mass is 403 g/mol. The average molecular weight is 403 g/mol. The van der Waals surface area contributed by atoms with Crippen molar-refractivity contribution in [1.29, 1.82) is 0 Å². The summed E-state index contributed by atoms with van der Waals surface area (Å²) in [6.07, 6.45) is 2.23. The van der Waals surface area contributed by atoms with Gasteiger partial charge in [0.15, 0.2) is 11.5 Å². The van der Waals surface area contributed by atoms with Crippen LogP contribution >= 0.6 is 18.0 Å². The molecule has 0 bridgehead atoms. The van der Waals surface area contributed by atoms with E-state index in [0.717, 1.165) is 5.56 Å². The topological polar surface area (TPSA) is 94.1 Å². The minimum atomic E-state index is -2.99. The van der Waals surface area contributed by atoms with Crippen LogP contribution in [0, 0.1) is 0 Å². The highest BCUT2D eigenvalue weighted by Crippen LogP contribution is 2.60. The summed E-state index contributed by atoms with van der Waals surface area (Å²) in [6, 6.07) is 3.38. The van der Waals surface area contributed by atoms with E-state index in [9.17, 15) is 14.5 Å². The summed E-state index contributed by atoms with van der Waals surface area (Å²) < 4.78 is 28.5. The van der Waals surface area contributed by atoms with E-state index in [2.05, 4.69) is 5.32 Å². The van der Waals surface area contributed by atoms with Gasteiger partial charge in [0.05, 0.1) is 20.8 Å². The first-order valence-corrected chi connectivity index (χ1v) is 11.4. The number of amides is 1. The summed E-state index contributed by atoms with van der Waals surface area (Å²) in [5.41, 5.74) is 0.832. The number of ether oxygens (including phenoxy) is 2. The van der Waals surface area contributed by atoms with Gasteiger partial charge in [0.1, 0.15) is 0 Å². The molecule has 1 unspecified atom stereocenters. The Labute approximate surface area is 158 Å². The molecule has 1 amide bonds. The Hall–Kier alpha value is -1.63. The maximum atomic E-state index is 12.8. The Morgan fingerprint density at radius 1 is 1.31 bits per heavy atom. The predicted octanol–water partition coefficient (Wildman–Crippen LogP) is 3.56. The van der Waals surface area contributed by atoms with Crippen LogP contribution in [-0.2, 0) is 20.3 Å². The molecule has 0 radical (unpaired) electrons. The van der Waals surface area contributed by atoms with Crippen molar-refractivity contribution in [2.24, 2.45) is 0 Å². The molecular formula is C17H26NO6PS. The Balaban J connectivity index is 2.78. The van der Waals surface area contributed by atoms with Gasteiger partial charge in [0.2, 0.25) is 11.7 Å². The van der Waals surface area contributed by atoms with Crippen molar-refractivity contribution in [2.75, 3.05) is 33.1 Å². The van der Waals surface area contributed by atoms with Crippen molar-refractivity contribution in [3.05, 3.63) is 29.6 Å². The summed E-state index contributed by atoms with van der Waals surface area (Å²) in [5, 5.41) is 12.6. The van der Waals surface area contributed by atoms with Crippen LogP contribution in [0.15, 0.2) is 24.0 Å². The molecule has 0 aromatic heterocycles. The van der Waals surface area contributed by atoms with E-state index in [1.54, 1.807) is 30.9 Å². The lowest BCUT2D eigenvalue weighted by atomic mass is 10.1. The fraction of sp³-hybridized carbons (Fsp3) is 0.471. The number of phenolic OH excluding ortho intramolecular Hbond substituents is 1. The SMILES string of the molecule is CCOP(=O)(/C=C/Cc1cc(OC)c(O)c(OC)c1)SCCNC(C)=O. The second-order valence-corrected chi connectivity index (χ2v) is 9.82. The number of benzene rings is 1. The van der Waals surface area contributed by atoms with Crippen molar-refractivity contribution >= 4 is 23.9 Å². The van der Waals surface area contributed by atoms with Crippen molar-refractivity contribution in [2.45, 2.75) is 20.3 Å². The Bertz CT molecular complexity index is 654. The third kappa shape index (κ3) is 7.32. The number of rotatable bonds is 11. The first kappa shape index (κ1) is 22.4. The quantitative estimate of drug-likeness (QED) is 0.431. The molecule has 0 saturated carbocycles. The number of hydrogen-bond donors (Lipinski definition) is 2. The van der Waals surface area contributed by atoms with Gasteiger partial charge in [-0.05, 0) is 31.0 Å². The minimum Gasteiger partial charge on any atom is -0.502 e. The number of carbonyl (C=O) groups excluding carboxylic acids is 1. The molecule has 0 aliphatic heterocycles. The fourth-order valence-corrected chi connectivity index (χ4v) is 5.60. The minimum absolute atomic E-state index is 0.0590. The first-order chi connectivity index (χ1) is 12.3. The van der Waals surface area contributed by atoms with Gasteiger partial charge in [-0.25, -0.2) is 0 Å². The second-order valence-electron chi connectivity index (χ2n) is 5.21. The van der Waals surface area contributed by atoms with E-state index >= 15 is 0 Å². The van der Waals surface area contributed by atoms with Crippen molar-refractivity contribution < 1.29 is 28.5 Å². The number of phenols is 1. The van der Waals surface area contributed by atoms with Gasteiger partial charge in [-0.15, -0.1) is 0 Å². The van der Waals surface area contributed by atoms with Crippen molar-refractivity contribution in [3.63, 3.8) is 0 Å². The molecule has 0 fully saturated rings. The summed E-state index contributed by atoms with van der Waals surface area (Å²) in [7, 11) is 2.92. The summed E-state index contributed by atoms with van der Waals surface area (Å²) in [6.45, 7) is 0.986. The number of methoxy groups -OCH3 is 2. The molecule has 9 heteroatoms. The van der Waals surface area contributed by atoms with Crippen LogP contribution in [0.2, 0.25) is 0 Å². The van der Waals surface area contributed by atoms with Gasteiger partial charge >= 0.3 is 0 Å². The van der Waals surface area contributed by atoms with Crippen LogP contribution < -0.4 is 14.8 Å². The summed E-state index contributed by atoms with van der Waals surface area (Å²) in [4.78, 5) is 10.9. The number of nitrogens with one attached hydrogen (secondary N) is 1. The molecule has 1 atom stereocenters. The molecule has 2 N–H and O–H groups in total. The number of hydrogen-bond acceptors (Lipinski definition) is 7. The van der Waals surface area contributed by atoms with Crippen LogP contribution in [0.25, 0.3) is 0 Å². The van der Waals surface area contributed by atoms with Crippen LogP contribution in [0.1, 0.15) is 19.4 Å². The molecule has 0 saturated heterocycles. The molecule has 1 rings (SSSR count). The second kappa shape index (κ2) is 11.2. The molecule has 0 heterocycles. The number of carbonyl (C=O) groups is 1. The van der Waals surface area contributed by atoms with E-state index < -0.39 is 6.57 Å². The normalized spacial score (nSPS) is 13.4.